The number of carbonyl (C=O) groups excluding carboxylic acids is 1. The maximum Gasteiger partial charge on any atom is 0.418 e. The zero-order valence-corrected chi connectivity index (χ0v) is 17.3. The van der Waals surface area contributed by atoms with Crippen LogP contribution in [-0.2, 0) is 22.6 Å². The Balaban J connectivity index is 1.92. The number of anilines is 2. The predicted octanol–water partition coefficient (Wildman–Crippen LogP) is 4.68. The number of carbonyl (C=O) groups is 1. The predicted molar refractivity (Wildman–Crippen MR) is 105 cm³/mol. The van der Waals surface area contributed by atoms with Gasteiger partial charge in [0.25, 0.3) is 15.9 Å². The van der Waals surface area contributed by atoms with E-state index in [4.69, 9.17) is 4.52 Å². The van der Waals surface area contributed by atoms with E-state index >= 15 is 0 Å². The summed E-state index contributed by atoms with van der Waals surface area (Å²) < 4.78 is 72.4. The molecule has 0 unspecified atom stereocenters. The lowest BCUT2D eigenvalue weighted by Crippen LogP contribution is -2.18. The summed E-state index contributed by atoms with van der Waals surface area (Å²) in [7, 11) is -4.20. The highest BCUT2D eigenvalue weighted by atomic mass is 32.2. The molecule has 0 radical (unpaired) electrons. The Morgan fingerprint density at radius 3 is 2.53 bits per heavy atom. The Morgan fingerprint density at radius 1 is 1.23 bits per heavy atom. The van der Waals surface area contributed by atoms with E-state index < -0.39 is 33.4 Å². The van der Waals surface area contributed by atoms with Crippen LogP contribution >= 0.6 is 11.3 Å². The third-order valence-corrected chi connectivity index (χ3v) is 7.16. The van der Waals surface area contributed by atoms with E-state index in [1.165, 1.54) is 19.1 Å². The van der Waals surface area contributed by atoms with Gasteiger partial charge in [-0.3, -0.25) is 9.52 Å². The smallest absolute Gasteiger partial charge is 0.361 e. The minimum atomic E-state index is -4.87. The number of halogens is 3. The molecule has 0 fully saturated rings. The van der Waals surface area contributed by atoms with Crippen LogP contribution in [-0.4, -0.2) is 19.5 Å². The standard InChI is InChI=1S/C18H16F3N3O4S2/c1-3-12-5-7-16(29-12)30(26,27)24-15-6-4-11(8-14(15)18(19,20)21)23-17(25)13-9-22-28-10(13)2/h4-9,24H,3H2,1-2H3,(H,23,25). The minimum absolute atomic E-state index is 0.0674. The van der Waals surface area contributed by atoms with Crippen LogP contribution in [0.1, 0.15) is 33.5 Å². The molecular formula is C18H16F3N3O4S2. The van der Waals surface area contributed by atoms with Crippen molar-refractivity contribution >= 4 is 38.6 Å². The fourth-order valence-electron chi connectivity index (χ4n) is 2.55. The van der Waals surface area contributed by atoms with Gasteiger partial charge in [0, 0.05) is 10.6 Å². The van der Waals surface area contributed by atoms with E-state index in [2.05, 4.69) is 10.5 Å². The summed E-state index contributed by atoms with van der Waals surface area (Å²) in [4.78, 5) is 13.0. The van der Waals surface area contributed by atoms with Gasteiger partial charge in [-0.2, -0.15) is 13.2 Å². The molecule has 7 nitrogen and oxygen atoms in total. The molecule has 12 heteroatoms. The highest BCUT2D eigenvalue weighted by Gasteiger charge is 2.35. The van der Waals surface area contributed by atoms with E-state index in [0.29, 0.717) is 12.5 Å². The molecule has 160 valence electrons. The first kappa shape index (κ1) is 21.8. The lowest BCUT2D eigenvalue weighted by Gasteiger charge is -2.16. The number of sulfonamides is 1. The lowest BCUT2D eigenvalue weighted by molar-refractivity contribution is -0.136. The number of nitrogens with one attached hydrogen (secondary N) is 2. The van der Waals surface area contributed by atoms with Gasteiger partial charge < -0.3 is 9.84 Å². The molecule has 0 saturated carbocycles. The molecule has 2 aromatic heterocycles. The monoisotopic (exact) mass is 459 g/mol. The van der Waals surface area contributed by atoms with Crippen molar-refractivity contribution in [3.8, 4) is 0 Å². The van der Waals surface area contributed by atoms with Crippen LogP contribution in [0.2, 0.25) is 0 Å². The Bertz CT molecular complexity index is 1180. The van der Waals surface area contributed by atoms with Gasteiger partial charge >= 0.3 is 6.18 Å². The molecule has 2 N–H and O–H groups in total. The fourth-order valence-corrected chi connectivity index (χ4v) is 4.92. The number of amides is 1. The highest BCUT2D eigenvalue weighted by Crippen LogP contribution is 2.38. The Hall–Kier alpha value is -2.86. The Morgan fingerprint density at radius 2 is 1.97 bits per heavy atom. The van der Waals surface area contributed by atoms with Crippen LogP contribution in [0.5, 0.6) is 0 Å². The van der Waals surface area contributed by atoms with Crippen molar-refractivity contribution in [3.05, 3.63) is 58.3 Å². The van der Waals surface area contributed by atoms with Crippen LogP contribution in [0.3, 0.4) is 0 Å². The third kappa shape index (κ3) is 4.65. The topological polar surface area (TPSA) is 101 Å². The fraction of sp³-hybridized carbons (Fsp3) is 0.222. The second-order valence-corrected chi connectivity index (χ2v) is 9.27. The van der Waals surface area contributed by atoms with Crippen molar-refractivity contribution in [2.45, 2.75) is 30.7 Å². The number of hydrogen-bond acceptors (Lipinski definition) is 6. The summed E-state index contributed by atoms with van der Waals surface area (Å²) in [5, 5.41) is 5.76. The van der Waals surface area contributed by atoms with Crippen molar-refractivity contribution in [1.82, 2.24) is 5.16 Å². The molecule has 0 bridgehead atoms. The van der Waals surface area contributed by atoms with Gasteiger partial charge in [0.1, 0.15) is 15.5 Å². The molecule has 30 heavy (non-hydrogen) atoms. The van der Waals surface area contributed by atoms with E-state index in [-0.39, 0.29) is 21.2 Å². The first-order chi connectivity index (χ1) is 14.0. The summed E-state index contributed by atoms with van der Waals surface area (Å²) >= 11 is 0.980. The zero-order valence-electron chi connectivity index (χ0n) is 15.7. The number of benzene rings is 1. The van der Waals surface area contributed by atoms with E-state index in [9.17, 15) is 26.4 Å². The molecule has 1 amide bonds. The Labute approximate surface area is 173 Å². The van der Waals surface area contributed by atoms with Crippen molar-refractivity contribution in [1.29, 1.82) is 0 Å². The molecule has 1 aromatic carbocycles. The maximum atomic E-state index is 13.6. The molecule has 0 atom stereocenters. The first-order valence-corrected chi connectivity index (χ1v) is 10.9. The normalized spacial score (nSPS) is 12.0. The van der Waals surface area contributed by atoms with E-state index in [1.54, 1.807) is 6.07 Å². The van der Waals surface area contributed by atoms with Gasteiger partial charge in [0.15, 0.2) is 0 Å². The largest absolute Gasteiger partial charge is 0.418 e. The molecule has 0 aliphatic rings. The van der Waals surface area contributed by atoms with Gasteiger partial charge in [-0.05, 0) is 43.7 Å². The summed E-state index contributed by atoms with van der Waals surface area (Å²) in [6, 6.07) is 5.72. The van der Waals surface area contributed by atoms with Crippen LogP contribution in [0.4, 0.5) is 24.5 Å². The number of hydrogen-bond donors (Lipinski definition) is 2. The van der Waals surface area contributed by atoms with Crippen LogP contribution < -0.4 is 10.0 Å². The van der Waals surface area contributed by atoms with Gasteiger partial charge in [-0.1, -0.05) is 12.1 Å². The molecule has 3 aromatic rings. The molecule has 0 spiro atoms. The van der Waals surface area contributed by atoms with Crippen LogP contribution in [0, 0.1) is 6.92 Å². The van der Waals surface area contributed by atoms with Crippen molar-refractivity contribution in [2.24, 2.45) is 0 Å². The summed E-state index contributed by atoms with van der Waals surface area (Å²) in [5.41, 5.74) is -1.98. The SMILES string of the molecule is CCc1ccc(S(=O)(=O)Nc2ccc(NC(=O)c3cnoc3C)cc2C(F)(F)F)s1. The molecule has 2 heterocycles. The molecule has 0 aliphatic carbocycles. The number of aromatic nitrogens is 1. The van der Waals surface area contributed by atoms with Crippen molar-refractivity contribution in [2.75, 3.05) is 10.0 Å². The molecular weight excluding hydrogens is 443 g/mol. The van der Waals surface area contributed by atoms with Crippen LogP contribution in [0.25, 0.3) is 0 Å². The van der Waals surface area contributed by atoms with E-state index in [0.717, 1.165) is 28.5 Å². The summed E-state index contributed by atoms with van der Waals surface area (Å²) in [5.74, 6) is -0.504. The number of alkyl halides is 3. The number of aryl methyl sites for hydroxylation is 2. The molecule has 0 saturated heterocycles. The van der Waals surface area contributed by atoms with Crippen molar-refractivity contribution in [3.63, 3.8) is 0 Å². The Kier molecular flexibility index (Phi) is 5.90. The number of rotatable bonds is 6. The lowest BCUT2D eigenvalue weighted by atomic mass is 10.1. The minimum Gasteiger partial charge on any atom is -0.361 e. The van der Waals surface area contributed by atoms with Gasteiger partial charge in [-0.25, -0.2) is 8.42 Å². The molecule has 0 aliphatic heterocycles. The summed E-state index contributed by atoms with van der Waals surface area (Å²) in [6.45, 7) is 3.32. The van der Waals surface area contributed by atoms with E-state index in [1.807, 2.05) is 11.6 Å². The summed E-state index contributed by atoms with van der Waals surface area (Å²) in [6.07, 6.45) is -3.12. The zero-order chi connectivity index (χ0) is 22.1. The second-order valence-electron chi connectivity index (χ2n) is 6.19. The van der Waals surface area contributed by atoms with Gasteiger partial charge in [0.05, 0.1) is 17.4 Å². The van der Waals surface area contributed by atoms with Gasteiger partial charge in [0.2, 0.25) is 0 Å². The molecule has 3 rings (SSSR count). The second kappa shape index (κ2) is 8.11. The average molecular weight is 459 g/mol. The third-order valence-electron chi connectivity index (χ3n) is 4.07. The first-order valence-electron chi connectivity index (χ1n) is 8.56. The quantitative estimate of drug-likeness (QED) is 0.557. The van der Waals surface area contributed by atoms with Crippen molar-refractivity contribution < 1.29 is 30.9 Å². The average Bonchev–Trinajstić information content (AvgIpc) is 3.31. The van der Waals surface area contributed by atoms with Crippen LogP contribution in [0.15, 0.2) is 45.3 Å². The number of thiophene rings is 1. The number of nitrogens with zero attached hydrogens (tertiary/aromatic N) is 1. The highest BCUT2D eigenvalue weighted by molar-refractivity contribution is 7.94. The maximum absolute atomic E-state index is 13.6. The van der Waals surface area contributed by atoms with Gasteiger partial charge in [-0.15, -0.1) is 11.3 Å².